The van der Waals surface area contributed by atoms with Gasteiger partial charge >= 0.3 is 5.97 Å². The van der Waals surface area contributed by atoms with E-state index in [-0.39, 0.29) is 36.4 Å². The summed E-state index contributed by atoms with van der Waals surface area (Å²) in [6, 6.07) is 3.99. The number of fused-ring (bicyclic) bond motifs is 1. The molecule has 0 aliphatic carbocycles. The number of hydrogen-bond acceptors (Lipinski definition) is 5. The molecule has 1 aliphatic heterocycles. The first-order valence-electron chi connectivity index (χ1n) is 10.9. The van der Waals surface area contributed by atoms with E-state index in [1.807, 2.05) is 13.8 Å². The van der Waals surface area contributed by atoms with E-state index in [0.29, 0.717) is 25.1 Å². The maximum absolute atomic E-state index is 13.3. The SMILES string of the molecule is CCOC1OC(=O)CC1NC(=O)C(CC(=O)NCCc1c[nH]c2cc(F)ccc12)C(C)C. The average molecular weight is 448 g/mol. The number of aromatic amines is 1. The summed E-state index contributed by atoms with van der Waals surface area (Å²) in [7, 11) is 0. The van der Waals surface area contributed by atoms with Gasteiger partial charge in [-0.2, -0.15) is 0 Å². The van der Waals surface area contributed by atoms with Crippen LogP contribution < -0.4 is 10.6 Å². The molecule has 0 bridgehead atoms. The zero-order chi connectivity index (χ0) is 23.3. The Kier molecular flexibility index (Phi) is 7.84. The van der Waals surface area contributed by atoms with Gasteiger partial charge < -0.3 is 25.1 Å². The molecule has 0 spiro atoms. The highest BCUT2D eigenvalue weighted by Gasteiger charge is 2.38. The number of ether oxygens (including phenoxy) is 2. The Hall–Kier alpha value is -2.94. The number of H-pyrrole nitrogens is 1. The number of nitrogens with one attached hydrogen (secondary N) is 3. The molecule has 3 atom stereocenters. The van der Waals surface area contributed by atoms with Gasteiger partial charge in [-0.05, 0) is 43.0 Å². The summed E-state index contributed by atoms with van der Waals surface area (Å²) in [6.45, 7) is 6.28. The first-order chi connectivity index (χ1) is 15.3. The third-order valence-corrected chi connectivity index (χ3v) is 5.61. The van der Waals surface area contributed by atoms with E-state index in [9.17, 15) is 18.8 Å². The van der Waals surface area contributed by atoms with Crippen LogP contribution in [0.25, 0.3) is 10.9 Å². The van der Waals surface area contributed by atoms with Gasteiger partial charge in [0.2, 0.25) is 18.1 Å². The van der Waals surface area contributed by atoms with Crippen LogP contribution in [0.15, 0.2) is 24.4 Å². The highest BCUT2D eigenvalue weighted by molar-refractivity contribution is 5.87. The molecule has 2 aromatic rings. The minimum Gasteiger partial charge on any atom is -0.433 e. The summed E-state index contributed by atoms with van der Waals surface area (Å²) in [5.74, 6) is -1.89. The van der Waals surface area contributed by atoms with E-state index in [1.165, 1.54) is 12.1 Å². The fraction of sp³-hybridized carbons (Fsp3) is 0.522. The van der Waals surface area contributed by atoms with E-state index in [4.69, 9.17) is 9.47 Å². The van der Waals surface area contributed by atoms with Crippen molar-refractivity contribution in [2.75, 3.05) is 13.2 Å². The standard InChI is InChI=1S/C23H30FN3O5/c1-4-31-23-19(11-21(29)32-23)27-22(30)17(13(2)3)10-20(28)25-8-7-14-12-26-18-9-15(24)5-6-16(14)18/h5-6,9,12-13,17,19,23,26H,4,7-8,10-11H2,1-3H3,(H,25,28)(H,27,30). The molecule has 9 heteroatoms. The van der Waals surface area contributed by atoms with E-state index < -0.39 is 24.2 Å². The number of amides is 2. The molecule has 8 nitrogen and oxygen atoms in total. The maximum atomic E-state index is 13.3. The lowest BCUT2D eigenvalue weighted by atomic mass is 9.91. The second-order valence-corrected chi connectivity index (χ2v) is 8.29. The number of benzene rings is 1. The summed E-state index contributed by atoms with van der Waals surface area (Å²) in [5, 5.41) is 6.58. The minimum atomic E-state index is -0.803. The molecule has 2 heterocycles. The van der Waals surface area contributed by atoms with Crippen LogP contribution >= 0.6 is 0 Å². The number of hydrogen-bond donors (Lipinski definition) is 3. The van der Waals surface area contributed by atoms with Gasteiger partial charge in [-0.25, -0.2) is 4.39 Å². The molecular weight excluding hydrogens is 417 g/mol. The fourth-order valence-electron chi connectivity index (χ4n) is 3.86. The van der Waals surface area contributed by atoms with Crippen LogP contribution in [-0.4, -0.2) is 48.3 Å². The number of halogens is 1. The monoisotopic (exact) mass is 447 g/mol. The molecule has 1 aromatic carbocycles. The predicted molar refractivity (Wildman–Crippen MR) is 116 cm³/mol. The Balaban J connectivity index is 1.51. The van der Waals surface area contributed by atoms with Gasteiger partial charge in [-0.15, -0.1) is 0 Å². The molecule has 0 saturated carbocycles. The van der Waals surface area contributed by atoms with E-state index >= 15 is 0 Å². The molecule has 1 aromatic heterocycles. The number of cyclic esters (lactones) is 1. The van der Waals surface area contributed by atoms with Gasteiger partial charge in [-0.1, -0.05) is 13.8 Å². The Morgan fingerprint density at radius 1 is 1.34 bits per heavy atom. The molecule has 3 rings (SSSR count). The molecule has 0 radical (unpaired) electrons. The molecule has 3 unspecified atom stereocenters. The number of carbonyl (C=O) groups excluding carboxylic acids is 3. The first kappa shape index (κ1) is 23.7. The normalized spacial score (nSPS) is 19.2. The topological polar surface area (TPSA) is 110 Å². The Morgan fingerprint density at radius 2 is 2.12 bits per heavy atom. The van der Waals surface area contributed by atoms with Gasteiger partial charge in [0.05, 0.1) is 6.42 Å². The van der Waals surface area contributed by atoms with Crippen LogP contribution in [0, 0.1) is 17.7 Å². The molecule has 3 N–H and O–H groups in total. The van der Waals surface area contributed by atoms with Crippen LogP contribution in [0.3, 0.4) is 0 Å². The van der Waals surface area contributed by atoms with Gasteiger partial charge in [0, 0.05) is 42.6 Å². The first-order valence-corrected chi connectivity index (χ1v) is 10.9. The summed E-state index contributed by atoms with van der Waals surface area (Å²) in [6.07, 6.45) is 1.65. The molecule has 2 amide bonds. The predicted octanol–water partition coefficient (Wildman–Crippen LogP) is 2.42. The fourth-order valence-corrected chi connectivity index (χ4v) is 3.86. The highest BCUT2D eigenvalue weighted by Crippen LogP contribution is 2.21. The lowest BCUT2D eigenvalue weighted by molar-refractivity contribution is -0.164. The Morgan fingerprint density at radius 3 is 2.84 bits per heavy atom. The maximum Gasteiger partial charge on any atom is 0.310 e. The van der Waals surface area contributed by atoms with Gasteiger partial charge in [0.15, 0.2) is 0 Å². The van der Waals surface area contributed by atoms with Crippen LogP contribution in [0.2, 0.25) is 0 Å². The second kappa shape index (κ2) is 10.6. The van der Waals surface area contributed by atoms with Crippen LogP contribution in [-0.2, 0) is 30.3 Å². The Labute approximate surface area is 186 Å². The third-order valence-electron chi connectivity index (χ3n) is 5.61. The molecular formula is C23H30FN3O5. The molecule has 1 fully saturated rings. The van der Waals surface area contributed by atoms with Crippen molar-refractivity contribution in [2.45, 2.75) is 52.4 Å². The lowest BCUT2D eigenvalue weighted by Gasteiger charge is -2.24. The summed E-state index contributed by atoms with van der Waals surface area (Å²) in [4.78, 5) is 39.9. The van der Waals surface area contributed by atoms with E-state index in [1.54, 1.807) is 19.2 Å². The van der Waals surface area contributed by atoms with Crippen molar-refractivity contribution in [3.8, 4) is 0 Å². The molecule has 1 saturated heterocycles. The third kappa shape index (κ3) is 5.85. The van der Waals surface area contributed by atoms with Crippen molar-refractivity contribution in [1.82, 2.24) is 15.6 Å². The van der Waals surface area contributed by atoms with E-state index in [0.717, 1.165) is 10.9 Å². The molecule has 174 valence electrons. The van der Waals surface area contributed by atoms with Gasteiger partial charge in [-0.3, -0.25) is 14.4 Å². The molecule has 1 aliphatic rings. The number of rotatable bonds is 10. The van der Waals surface area contributed by atoms with Crippen LogP contribution in [0.4, 0.5) is 4.39 Å². The lowest BCUT2D eigenvalue weighted by Crippen LogP contribution is -2.46. The van der Waals surface area contributed by atoms with E-state index in [2.05, 4.69) is 15.6 Å². The average Bonchev–Trinajstić information content (AvgIpc) is 3.28. The zero-order valence-electron chi connectivity index (χ0n) is 18.6. The minimum absolute atomic E-state index is 0.0312. The number of aromatic nitrogens is 1. The van der Waals surface area contributed by atoms with Crippen molar-refractivity contribution in [3.63, 3.8) is 0 Å². The summed E-state index contributed by atoms with van der Waals surface area (Å²) < 4.78 is 23.8. The van der Waals surface area contributed by atoms with Gasteiger partial charge in [0.1, 0.15) is 11.9 Å². The van der Waals surface area contributed by atoms with Crippen LogP contribution in [0.1, 0.15) is 39.2 Å². The van der Waals surface area contributed by atoms with Gasteiger partial charge in [0.25, 0.3) is 0 Å². The summed E-state index contributed by atoms with van der Waals surface area (Å²) >= 11 is 0. The summed E-state index contributed by atoms with van der Waals surface area (Å²) in [5.41, 5.74) is 1.69. The quantitative estimate of drug-likeness (QED) is 0.485. The van der Waals surface area contributed by atoms with Crippen molar-refractivity contribution in [2.24, 2.45) is 11.8 Å². The largest absolute Gasteiger partial charge is 0.433 e. The smallest absolute Gasteiger partial charge is 0.310 e. The highest BCUT2D eigenvalue weighted by atomic mass is 19.1. The number of carbonyl (C=O) groups is 3. The molecule has 32 heavy (non-hydrogen) atoms. The van der Waals surface area contributed by atoms with Crippen molar-refractivity contribution >= 4 is 28.7 Å². The zero-order valence-corrected chi connectivity index (χ0v) is 18.6. The number of esters is 1. The van der Waals surface area contributed by atoms with Crippen LogP contribution in [0.5, 0.6) is 0 Å². The van der Waals surface area contributed by atoms with Crippen molar-refractivity contribution in [3.05, 3.63) is 35.8 Å². The Bertz CT molecular complexity index is 974. The van der Waals surface area contributed by atoms with Crippen molar-refractivity contribution < 1.29 is 28.2 Å². The second-order valence-electron chi connectivity index (χ2n) is 8.29. The van der Waals surface area contributed by atoms with Crippen molar-refractivity contribution in [1.29, 1.82) is 0 Å².